The highest BCUT2D eigenvalue weighted by Gasteiger charge is 2.20. The number of aromatic carboxylic acids is 1. The van der Waals surface area contributed by atoms with Gasteiger partial charge < -0.3 is 5.11 Å². The number of carbonyl (C=O) groups is 1. The molecule has 22 heavy (non-hydrogen) atoms. The van der Waals surface area contributed by atoms with Gasteiger partial charge in [-0.2, -0.15) is 0 Å². The van der Waals surface area contributed by atoms with Gasteiger partial charge in [-0.05, 0) is 30.5 Å². The second kappa shape index (κ2) is 7.20. The quantitative estimate of drug-likeness (QED) is 0.767. The van der Waals surface area contributed by atoms with Crippen LogP contribution in [-0.2, 0) is 16.4 Å². The van der Waals surface area contributed by atoms with E-state index in [1.54, 1.807) is 0 Å². The highest BCUT2D eigenvalue weighted by molar-refractivity contribution is 7.89. The lowest BCUT2D eigenvalue weighted by atomic mass is 10.1. The monoisotopic (exact) mass is 319 g/mol. The number of carboxylic acid groups (broad SMARTS) is 1. The Morgan fingerprint density at radius 1 is 1.00 bits per heavy atom. The normalized spacial score (nSPS) is 11.3. The van der Waals surface area contributed by atoms with Gasteiger partial charge in [-0.3, -0.25) is 0 Å². The zero-order chi connectivity index (χ0) is 16.0. The molecule has 0 amide bonds. The fourth-order valence-electron chi connectivity index (χ4n) is 2.10. The molecule has 0 radical (unpaired) electrons. The molecule has 2 N–H and O–H groups in total. The van der Waals surface area contributed by atoms with Gasteiger partial charge in [-0.25, -0.2) is 17.9 Å². The maximum Gasteiger partial charge on any atom is 0.337 e. The molecule has 0 saturated heterocycles. The summed E-state index contributed by atoms with van der Waals surface area (Å²) in [6.07, 6.45) is 1.39. The zero-order valence-electron chi connectivity index (χ0n) is 11.9. The Hall–Kier alpha value is -2.18. The van der Waals surface area contributed by atoms with Crippen molar-refractivity contribution in [2.75, 3.05) is 6.54 Å². The van der Waals surface area contributed by atoms with Crippen LogP contribution in [0.3, 0.4) is 0 Å². The van der Waals surface area contributed by atoms with Crippen molar-refractivity contribution in [3.63, 3.8) is 0 Å². The minimum Gasteiger partial charge on any atom is -0.478 e. The molecule has 2 rings (SSSR count). The molecule has 0 fully saturated rings. The minimum atomic E-state index is -3.82. The third-order valence-electron chi connectivity index (χ3n) is 3.18. The Kier molecular flexibility index (Phi) is 5.30. The van der Waals surface area contributed by atoms with E-state index >= 15 is 0 Å². The van der Waals surface area contributed by atoms with Crippen LogP contribution in [-0.4, -0.2) is 26.0 Å². The molecule has 0 aliphatic rings. The molecule has 5 nitrogen and oxygen atoms in total. The molecule has 116 valence electrons. The second-order valence-corrected chi connectivity index (χ2v) is 6.52. The Morgan fingerprint density at radius 2 is 1.64 bits per heavy atom. The summed E-state index contributed by atoms with van der Waals surface area (Å²) >= 11 is 0. The highest BCUT2D eigenvalue weighted by Crippen LogP contribution is 2.15. The summed E-state index contributed by atoms with van der Waals surface area (Å²) in [5.74, 6) is -1.26. The first-order chi connectivity index (χ1) is 10.5. The standard InChI is InChI=1S/C16H17NO4S/c18-16(19)14-10-4-5-11-15(14)22(20,21)17-12-6-9-13-7-2-1-3-8-13/h1-5,7-8,10-11,17H,6,9,12H2,(H,18,19). The molecule has 0 spiro atoms. The summed E-state index contributed by atoms with van der Waals surface area (Å²) in [7, 11) is -3.82. The van der Waals surface area contributed by atoms with Crippen LogP contribution >= 0.6 is 0 Å². The van der Waals surface area contributed by atoms with E-state index < -0.39 is 16.0 Å². The van der Waals surface area contributed by atoms with Crippen LogP contribution in [0.4, 0.5) is 0 Å². The second-order valence-electron chi connectivity index (χ2n) is 4.79. The highest BCUT2D eigenvalue weighted by atomic mass is 32.2. The predicted octanol–water partition coefficient (Wildman–Crippen LogP) is 2.30. The van der Waals surface area contributed by atoms with Crippen molar-refractivity contribution in [2.24, 2.45) is 0 Å². The van der Waals surface area contributed by atoms with E-state index in [-0.39, 0.29) is 17.0 Å². The van der Waals surface area contributed by atoms with Crippen molar-refractivity contribution in [3.05, 3.63) is 65.7 Å². The molecule has 6 heteroatoms. The largest absolute Gasteiger partial charge is 0.478 e. The molecule has 0 unspecified atom stereocenters. The third kappa shape index (κ3) is 4.16. The number of carboxylic acids is 1. The van der Waals surface area contributed by atoms with E-state index in [1.807, 2.05) is 30.3 Å². The van der Waals surface area contributed by atoms with Crippen LogP contribution in [0.15, 0.2) is 59.5 Å². The van der Waals surface area contributed by atoms with Crippen molar-refractivity contribution in [3.8, 4) is 0 Å². The fourth-order valence-corrected chi connectivity index (χ4v) is 3.37. The Bertz CT molecular complexity index is 742. The number of hydrogen-bond acceptors (Lipinski definition) is 3. The number of benzene rings is 2. The van der Waals surface area contributed by atoms with Crippen molar-refractivity contribution in [2.45, 2.75) is 17.7 Å². The number of sulfonamides is 1. The molecule has 0 aromatic heterocycles. The van der Waals surface area contributed by atoms with Gasteiger partial charge in [0.15, 0.2) is 0 Å². The lowest BCUT2D eigenvalue weighted by Crippen LogP contribution is -2.26. The molecule has 0 heterocycles. The maximum atomic E-state index is 12.2. The molecule has 0 aliphatic carbocycles. The molecule has 0 atom stereocenters. The summed E-state index contributed by atoms with van der Waals surface area (Å²) < 4.78 is 26.8. The molecule has 2 aromatic rings. The van der Waals surface area contributed by atoms with Crippen molar-refractivity contribution >= 4 is 16.0 Å². The van der Waals surface area contributed by atoms with Gasteiger partial charge in [0.25, 0.3) is 0 Å². The van der Waals surface area contributed by atoms with Crippen LogP contribution in [0.25, 0.3) is 0 Å². The zero-order valence-corrected chi connectivity index (χ0v) is 12.7. The van der Waals surface area contributed by atoms with Gasteiger partial charge in [0.05, 0.1) is 10.5 Å². The van der Waals surface area contributed by atoms with Gasteiger partial charge in [-0.1, -0.05) is 42.5 Å². The molecule has 2 aromatic carbocycles. The average Bonchev–Trinajstić information content (AvgIpc) is 2.52. The van der Waals surface area contributed by atoms with Crippen molar-refractivity contribution in [1.82, 2.24) is 4.72 Å². The summed E-state index contributed by atoms with van der Waals surface area (Å²) in [6.45, 7) is 0.255. The van der Waals surface area contributed by atoms with E-state index in [0.29, 0.717) is 6.42 Å². The number of rotatable bonds is 7. The molecule has 0 bridgehead atoms. The number of hydrogen-bond donors (Lipinski definition) is 2. The molecule has 0 aliphatic heterocycles. The van der Waals surface area contributed by atoms with Gasteiger partial charge in [0, 0.05) is 6.54 Å². The molecule has 0 saturated carbocycles. The van der Waals surface area contributed by atoms with Crippen LogP contribution < -0.4 is 4.72 Å². The summed E-state index contributed by atoms with van der Waals surface area (Å²) in [5, 5.41) is 9.06. The Balaban J connectivity index is 1.99. The lowest BCUT2D eigenvalue weighted by Gasteiger charge is -2.09. The topological polar surface area (TPSA) is 83.5 Å². The minimum absolute atomic E-state index is 0.206. The third-order valence-corrected chi connectivity index (χ3v) is 4.70. The van der Waals surface area contributed by atoms with Crippen molar-refractivity contribution < 1.29 is 18.3 Å². The lowest BCUT2D eigenvalue weighted by molar-refractivity contribution is 0.0692. The number of aryl methyl sites for hydroxylation is 1. The fraction of sp³-hybridized carbons (Fsp3) is 0.188. The van der Waals surface area contributed by atoms with E-state index in [2.05, 4.69) is 4.72 Å². The van der Waals surface area contributed by atoms with Crippen LogP contribution in [0.5, 0.6) is 0 Å². The summed E-state index contributed by atoms with van der Waals surface area (Å²) in [6, 6.07) is 15.3. The molecular weight excluding hydrogens is 302 g/mol. The summed E-state index contributed by atoms with van der Waals surface area (Å²) in [5.41, 5.74) is 0.908. The maximum absolute atomic E-state index is 12.2. The van der Waals surface area contributed by atoms with Crippen molar-refractivity contribution in [1.29, 1.82) is 0 Å². The SMILES string of the molecule is O=C(O)c1ccccc1S(=O)(=O)NCCCc1ccccc1. The van der Waals surface area contributed by atoms with Crippen LogP contribution in [0.1, 0.15) is 22.3 Å². The molecular formula is C16H17NO4S. The van der Waals surface area contributed by atoms with Crippen LogP contribution in [0.2, 0.25) is 0 Å². The first kappa shape index (κ1) is 16.2. The Labute approximate surface area is 129 Å². The average molecular weight is 319 g/mol. The van der Waals surface area contributed by atoms with Crippen LogP contribution in [0, 0.1) is 0 Å². The number of nitrogens with one attached hydrogen (secondary N) is 1. The predicted molar refractivity (Wildman–Crippen MR) is 83.4 cm³/mol. The smallest absolute Gasteiger partial charge is 0.337 e. The van der Waals surface area contributed by atoms with Gasteiger partial charge in [-0.15, -0.1) is 0 Å². The van der Waals surface area contributed by atoms with E-state index in [4.69, 9.17) is 5.11 Å². The van der Waals surface area contributed by atoms with Gasteiger partial charge in [0.2, 0.25) is 10.0 Å². The first-order valence-corrected chi connectivity index (χ1v) is 8.35. The Morgan fingerprint density at radius 3 is 2.32 bits per heavy atom. The van der Waals surface area contributed by atoms with E-state index in [9.17, 15) is 13.2 Å². The summed E-state index contributed by atoms with van der Waals surface area (Å²) in [4.78, 5) is 10.9. The van der Waals surface area contributed by atoms with E-state index in [0.717, 1.165) is 12.0 Å². The van der Waals surface area contributed by atoms with Gasteiger partial charge in [0.1, 0.15) is 0 Å². The van der Waals surface area contributed by atoms with E-state index in [1.165, 1.54) is 24.3 Å². The van der Waals surface area contributed by atoms with Gasteiger partial charge >= 0.3 is 5.97 Å². The first-order valence-electron chi connectivity index (χ1n) is 6.86.